The number of ether oxygens (including phenoxy) is 2. The van der Waals surface area contributed by atoms with Crippen molar-refractivity contribution in [3.05, 3.63) is 148 Å². The van der Waals surface area contributed by atoms with E-state index in [2.05, 4.69) is 28.9 Å². The summed E-state index contributed by atoms with van der Waals surface area (Å²) in [6.07, 6.45) is 9.37. The van der Waals surface area contributed by atoms with Crippen LogP contribution >= 0.6 is 0 Å². The molecule has 368 valence electrons. The van der Waals surface area contributed by atoms with Crippen molar-refractivity contribution in [1.29, 1.82) is 0 Å². The Labute approximate surface area is 414 Å². The predicted molar refractivity (Wildman–Crippen MR) is 276 cm³/mol. The summed E-state index contributed by atoms with van der Waals surface area (Å²) in [7, 11) is 0. The van der Waals surface area contributed by atoms with Gasteiger partial charge in [-0.2, -0.15) is 0 Å². The number of nitrogens with zero attached hydrogens (tertiary/aromatic N) is 2. The Morgan fingerprint density at radius 2 is 1.37 bits per heavy atom. The first-order valence-corrected chi connectivity index (χ1v) is 25.2. The number of carbonyl (C=O) groups is 5. The molecule has 5 aromatic carbocycles. The van der Waals surface area contributed by atoms with Gasteiger partial charge in [-0.3, -0.25) is 19.2 Å². The van der Waals surface area contributed by atoms with Crippen molar-refractivity contribution < 1.29 is 33.4 Å². The van der Waals surface area contributed by atoms with E-state index in [0.29, 0.717) is 102 Å². The van der Waals surface area contributed by atoms with Crippen molar-refractivity contribution in [2.45, 2.75) is 103 Å². The molecule has 71 heavy (non-hydrogen) atoms. The summed E-state index contributed by atoms with van der Waals surface area (Å²) in [5.41, 5.74) is 17.8. The van der Waals surface area contributed by atoms with Crippen LogP contribution in [-0.4, -0.2) is 59.8 Å². The quantitative estimate of drug-likeness (QED) is 0.0317. The van der Waals surface area contributed by atoms with Crippen LogP contribution in [0.3, 0.4) is 0 Å². The number of fused-ring (bicyclic) bond motifs is 7. The zero-order valence-corrected chi connectivity index (χ0v) is 40.6. The number of rotatable bonds is 18. The third kappa shape index (κ3) is 10.1. The van der Waals surface area contributed by atoms with Gasteiger partial charge < -0.3 is 46.4 Å². The molecule has 0 saturated heterocycles. The second kappa shape index (κ2) is 21.2. The number of esters is 1. The summed E-state index contributed by atoms with van der Waals surface area (Å²) in [5, 5.41) is 10.3. The molecule has 6 aromatic rings. The van der Waals surface area contributed by atoms with Gasteiger partial charge in [-0.25, -0.2) is 4.79 Å². The molecule has 3 aliphatic rings. The number of amides is 4. The Morgan fingerprint density at radius 3 is 2.06 bits per heavy atom. The van der Waals surface area contributed by atoms with Gasteiger partial charge in [-0.15, -0.1) is 0 Å². The summed E-state index contributed by atoms with van der Waals surface area (Å²) in [4.78, 5) is 69.3. The summed E-state index contributed by atoms with van der Waals surface area (Å²) in [6.45, 7) is 5.73. The maximum atomic E-state index is 13.9. The van der Waals surface area contributed by atoms with E-state index in [9.17, 15) is 24.0 Å². The predicted octanol–water partition coefficient (Wildman–Crippen LogP) is 9.16. The van der Waals surface area contributed by atoms with E-state index in [-0.39, 0.29) is 42.1 Å². The van der Waals surface area contributed by atoms with Crippen LogP contribution in [0.2, 0.25) is 0 Å². The number of likely N-dealkylation sites (N-methyl/N-ethyl adjacent to an activating group) is 1. The number of para-hydroxylation sites is 1. The van der Waals surface area contributed by atoms with Crippen molar-refractivity contribution in [3.63, 3.8) is 0 Å². The smallest absolute Gasteiger partial charge is 0.340 e. The Balaban J connectivity index is 0.675. The standard InChI is InChI=1S/C57H63N7O7/c1-3-36-14-13-16-43(30-36)63(4-2)52(65)35-64-48-17-10-9-15-38(48)32-49(64)55(68)62-42-23-18-37(19-24-42)53(66)60-28-11-7-5-6-8-12-29-61-54(67)39-20-25-45-44(31-39)56(69)71-57(45)46-26-21-40(58)33-50(46)70-51-34-41(59)22-27-47(51)57/h9-10,13-17,20-22,25-27,30-34,37,42H,3-8,11-12,18-19,23-24,28-29,35,58-59H2,1-2H3,(H,60,66)(H,61,67)(H,62,68). The lowest BCUT2D eigenvalue weighted by Gasteiger charge is -2.36. The van der Waals surface area contributed by atoms with E-state index >= 15 is 0 Å². The molecule has 4 amide bonds. The van der Waals surface area contributed by atoms with Crippen molar-refractivity contribution in [1.82, 2.24) is 20.5 Å². The monoisotopic (exact) mass is 957 g/mol. The number of nitrogens with one attached hydrogen (secondary N) is 3. The molecule has 0 radical (unpaired) electrons. The highest BCUT2D eigenvalue weighted by Gasteiger charge is 2.53. The van der Waals surface area contributed by atoms with Gasteiger partial charge in [0.15, 0.2) is 5.60 Å². The maximum Gasteiger partial charge on any atom is 0.340 e. The normalized spacial score (nSPS) is 16.3. The molecule has 1 aliphatic carbocycles. The fourth-order valence-electron chi connectivity index (χ4n) is 10.5. The van der Waals surface area contributed by atoms with E-state index in [1.165, 1.54) is 0 Å². The van der Waals surface area contributed by atoms with Crippen molar-refractivity contribution in [3.8, 4) is 11.5 Å². The highest BCUT2D eigenvalue weighted by molar-refractivity contribution is 6.03. The fourth-order valence-corrected chi connectivity index (χ4v) is 10.5. The Morgan fingerprint density at radius 1 is 0.704 bits per heavy atom. The number of benzene rings is 5. The highest BCUT2D eigenvalue weighted by atomic mass is 16.6. The lowest BCUT2D eigenvalue weighted by atomic mass is 9.77. The number of anilines is 3. The van der Waals surface area contributed by atoms with E-state index in [1.54, 1.807) is 59.5 Å². The average molecular weight is 958 g/mol. The van der Waals surface area contributed by atoms with Crippen LogP contribution in [-0.2, 0) is 32.9 Å². The van der Waals surface area contributed by atoms with Crippen LogP contribution in [0.25, 0.3) is 10.9 Å². The van der Waals surface area contributed by atoms with E-state index in [1.807, 2.05) is 60.0 Å². The molecular formula is C57H63N7O7. The summed E-state index contributed by atoms with van der Waals surface area (Å²) >= 11 is 0. The SMILES string of the molecule is CCc1cccc(N(CC)C(=O)Cn2c(C(=O)NC3CCC(C(=O)NCCCCCCCCNC(=O)c4ccc5c(c4)C(=O)OC54c5ccc(N)cc5Oc5cc(N)ccc54)CC3)cc3ccccc32)c1. The number of aromatic nitrogens is 1. The van der Waals surface area contributed by atoms with Gasteiger partial charge in [0.05, 0.1) is 5.56 Å². The Hall–Kier alpha value is -7.61. The molecule has 0 bridgehead atoms. The number of hydrogen-bond acceptors (Lipinski definition) is 9. The molecule has 3 heterocycles. The number of carbonyl (C=O) groups excluding carboxylic acids is 5. The van der Waals surface area contributed by atoms with E-state index in [4.69, 9.17) is 20.9 Å². The first-order chi connectivity index (χ1) is 34.5. The van der Waals surface area contributed by atoms with E-state index in [0.717, 1.165) is 67.1 Å². The van der Waals surface area contributed by atoms with Gasteiger partial charge in [0, 0.05) is 93.9 Å². The van der Waals surface area contributed by atoms with Gasteiger partial charge in [-0.1, -0.05) is 69.0 Å². The number of aryl methyl sites for hydroxylation is 1. The molecule has 1 spiro atoms. The number of unbranched alkanes of at least 4 members (excludes halogenated alkanes) is 5. The zero-order valence-electron chi connectivity index (χ0n) is 40.6. The maximum absolute atomic E-state index is 13.9. The molecule has 7 N–H and O–H groups in total. The molecular weight excluding hydrogens is 895 g/mol. The lowest BCUT2D eigenvalue weighted by molar-refractivity contribution is -0.126. The first kappa shape index (κ1) is 48.4. The molecule has 1 fully saturated rings. The lowest BCUT2D eigenvalue weighted by Crippen LogP contribution is -2.42. The molecule has 9 rings (SSSR count). The highest BCUT2D eigenvalue weighted by Crippen LogP contribution is 2.56. The largest absolute Gasteiger partial charge is 0.456 e. The molecule has 14 nitrogen and oxygen atoms in total. The second-order valence-electron chi connectivity index (χ2n) is 19.0. The average Bonchev–Trinajstić information content (AvgIpc) is 3.88. The molecule has 1 aromatic heterocycles. The van der Waals surface area contributed by atoms with Crippen molar-refractivity contribution >= 4 is 57.6 Å². The summed E-state index contributed by atoms with van der Waals surface area (Å²) in [5.74, 6) is -0.183. The minimum Gasteiger partial charge on any atom is -0.456 e. The van der Waals surface area contributed by atoms with Crippen LogP contribution < -0.4 is 37.1 Å². The summed E-state index contributed by atoms with van der Waals surface area (Å²) < 4.78 is 14.2. The number of nitrogen functional groups attached to an aromatic ring is 2. The van der Waals surface area contributed by atoms with Gasteiger partial charge in [0.1, 0.15) is 23.7 Å². The fraction of sp³-hybridized carbons (Fsp3) is 0.351. The number of hydrogen-bond donors (Lipinski definition) is 5. The molecule has 2 aliphatic heterocycles. The van der Waals surface area contributed by atoms with Crippen molar-refractivity contribution in [2.24, 2.45) is 5.92 Å². The Kier molecular flexibility index (Phi) is 14.4. The van der Waals surface area contributed by atoms with Gasteiger partial charge in [0.2, 0.25) is 11.8 Å². The van der Waals surface area contributed by atoms with Crippen molar-refractivity contribution in [2.75, 3.05) is 36.0 Å². The third-order valence-corrected chi connectivity index (χ3v) is 14.3. The minimum atomic E-state index is -1.28. The Bertz CT molecular complexity index is 2940. The molecule has 14 heteroatoms. The third-order valence-electron chi connectivity index (χ3n) is 14.3. The van der Waals surface area contributed by atoms with E-state index < -0.39 is 11.6 Å². The molecule has 1 saturated carbocycles. The zero-order chi connectivity index (χ0) is 49.6. The molecule has 0 atom stereocenters. The topological polar surface area (TPSA) is 200 Å². The van der Waals surface area contributed by atoms with Crippen LogP contribution in [0.5, 0.6) is 11.5 Å². The van der Waals surface area contributed by atoms with Crippen LogP contribution in [0.1, 0.15) is 132 Å². The minimum absolute atomic E-state index is 0.0354. The van der Waals surface area contributed by atoms with Gasteiger partial charge in [0.25, 0.3) is 11.8 Å². The molecule has 0 unspecified atom stereocenters. The van der Waals surface area contributed by atoms with Gasteiger partial charge >= 0.3 is 5.97 Å². The number of nitrogens with two attached hydrogens (primary N) is 2. The van der Waals surface area contributed by atoms with Gasteiger partial charge in [-0.05, 0) is 118 Å². The van der Waals surface area contributed by atoms with Crippen LogP contribution in [0, 0.1) is 5.92 Å². The first-order valence-electron chi connectivity index (χ1n) is 25.2. The van der Waals surface area contributed by atoms with Crippen LogP contribution in [0.4, 0.5) is 17.1 Å². The summed E-state index contributed by atoms with van der Waals surface area (Å²) in [6, 6.07) is 33.1. The second-order valence-corrected chi connectivity index (χ2v) is 19.0. The van der Waals surface area contributed by atoms with Crippen LogP contribution in [0.15, 0.2) is 109 Å².